The first kappa shape index (κ1) is 15.5. The number of aliphatic carboxylic acids is 2. The Kier molecular flexibility index (Phi) is 5.52. The first-order valence-electron chi connectivity index (χ1n) is 5.83. The molecule has 0 aliphatic rings. The van der Waals surface area contributed by atoms with Crippen molar-refractivity contribution in [1.29, 1.82) is 0 Å². The van der Waals surface area contributed by atoms with Gasteiger partial charge in [-0.2, -0.15) is 0 Å². The predicted octanol–water partition coefficient (Wildman–Crippen LogP) is 0.743. The van der Waals surface area contributed by atoms with E-state index >= 15 is 0 Å². The third-order valence-electron chi connectivity index (χ3n) is 2.58. The average Bonchev–Trinajstić information content (AvgIpc) is 2.42. The smallest absolute Gasteiger partial charge is 0.326 e. The van der Waals surface area contributed by atoms with E-state index in [0.717, 1.165) is 0 Å². The molecule has 1 rings (SSSR count). The van der Waals surface area contributed by atoms with Gasteiger partial charge in [-0.05, 0) is 24.6 Å². The van der Waals surface area contributed by atoms with Crippen LogP contribution in [-0.4, -0.2) is 41.2 Å². The first-order chi connectivity index (χ1) is 9.43. The Labute approximate surface area is 115 Å². The second-order valence-electron chi connectivity index (χ2n) is 4.03. The molecule has 0 aromatic heterocycles. The maximum Gasteiger partial charge on any atom is 0.326 e. The first-order valence-corrected chi connectivity index (χ1v) is 5.83. The lowest BCUT2D eigenvalue weighted by Gasteiger charge is -2.13. The molecule has 0 heterocycles. The van der Waals surface area contributed by atoms with Crippen LogP contribution in [0.1, 0.15) is 23.2 Å². The summed E-state index contributed by atoms with van der Waals surface area (Å²) in [4.78, 5) is 33.3. The Hall–Kier alpha value is -2.57. The molecule has 7 nitrogen and oxygen atoms in total. The van der Waals surface area contributed by atoms with Crippen molar-refractivity contribution < 1.29 is 29.3 Å². The molecule has 0 aliphatic heterocycles. The quantitative estimate of drug-likeness (QED) is 0.679. The lowest BCUT2D eigenvalue weighted by molar-refractivity contribution is -0.140. The molecule has 0 spiro atoms. The second kappa shape index (κ2) is 7.13. The SMILES string of the molecule is COc1cccc(C(=O)N[C@@H](CCC(=O)O)C(=O)O)c1. The largest absolute Gasteiger partial charge is 0.497 e. The monoisotopic (exact) mass is 281 g/mol. The zero-order valence-corrected chi connectivity index (χ0v) is 10.8. The van der Waals surface area contributed by atoms with Gasteiger partial charge in [-0.15, -0.1) is 0 Å². The average molecular weight is 281 g/mol. The number of nitrogens with one attached hydrogen (secondary N) is 1. The highest BCUT2D eigenvalue weighted by Crippen LogP contribution is 2.12. The Morgan fingerprint density at radius 2 is 2.00 bits per heavy atom. The van der Waals surface area contributed by atoms with Crippen LogP contribution in [-0.2, 0) is 9.59 Å². The maximum absolute atomic E-state index is 11.9. The van der Waals surface area contributed by atoms with Gasteiger partial charge in [0.2, 0.25) is 0 Å². The van der Waals surface area contributed by atoms with Gasteiger partial charge in [0.1, 0.15) is 11.8 Å². The van der Waals surface area contributed by atoms with Gasteiger partial charge < -0.3 is 20.3 Å². The molecule has 108 valence electrons. The fraction of sp³-hybridized carbons (Fsp3) is 0.308. The van der Waals surface area contributed by atoms with Crippen molar-refractivity contribution in [3.63, 3.8) is 0 Å². The number of hydrogen-bond acceptors (Lipinski definition) is 4. The van der Waals surface area contributed by atoms with E-state index in [-0.39, 0.29) is 18.4 Å². The Balaban J connectivity index is 2.74. The highest BCUT2D eigenvalue weighted by molar-refractivity contribution is 5.97. The molecule has 20 heavy (non-hydrogen) atoms. The molecule has 1 amide bonds. The van der Waals surface area contributed by atoms with Crippen LogP contribution in [0.5, 0.6) is 5.75 Å². The standard InChI is InChI=1S/C13H15NO6/c1-20-9-4-2-3-8(7-9)12(17)14-10(13(18)19)5-6-11(15)16/h2-4,7,10H,5-6H2,1H3,(H,14,17)(H,15,16)(H,18,19)/t10-/m0/s1. The minimum atomic E-state index is -1.28. The topological polar surface area (TPSA) is 113 Å². The minimum Gasteiger partial charge on any atom is -0.497 e. The van der Waals surface area contributed by atoms with Gasteiger partial charge in [-0.25, -0.2) is 4.79 Å². The van der Waals surface area contributed by atoms with Gasteiger partial charge in [-0.1, -0.05) is 6.07 Å². The second-order valence-corrected chi connectivity index (χ2v) is 4.03. The van der Waals surface area contributed by atoms with E-state index in [0.29, 0.717) is 5.75 Å². The summed E-state index contributed by atoms with van der Waals surface area (Å²) in [6.07, 6.45) is -0.518. The molecular weight excluding hydrogens is 266 g/mol. The maximum atomic E-state index is 11.9. The fourth-order valence-electron chi connectivity index (χ4n) is 1.53. The van der Waals surface area contributed by atoms with E-state index in [1.807, 2.05) is 0 Å². The summed E-state index contributed by atoms with van der Waals surface area (Å²) >= 11 is 0. The van der Waals surface area contributed by atoms with Crippen LogP contribution in [0.25, 0.3) is 0 Å². The van der Waals surface area contributed by atoms with Crippen LogP contribution in [0.15, 0.2) is 24.3 Å². The van der Waals surface area contributed by atoms with Gasteiger partial charge in [0.25, 0.3) is 5.91 Å². The van der Waals surface area contributed by atoms with Crippen molar-refractivity contribution in [2.24, 2.45) is 0 Å². The van der Waals surface area contributed by atoms with E-state index < -0.39 is 23.9 Å². The Bertz CT molecular complexity index is 513. The number of benzene rings is 1. The highest BCUT2D eigenvalue weighted by Gasteiger charge is 2.21. The third-order valence-corrected chi connectivity index (χ3v) is 2.58. The molecule has 3 N–H and O–H groups in total. The van der Waals surface area contributed by atoms with E-state index in [1.54, 1.807) is 12.1 Å². The summed E-state index contributed by atoms with van der Waals surface area (Å²) in [6, 6.07) is 4.97. The number of carbonyl (C=O) groups excluding carboxylic acids is 1. The van der Waals surface area contributed by atoms with E-state index in [4.69, 9.17) is 14.9 Å². The van der Waals surface area contributed by atoms with Crippen molar-refractivity contribution in [2.45, 2.75) is 18.9 Å². The van der Waals surface area contributed by atoms with Crippen LogP contribution in [0.4, 0.5) is 0 Å². The molecule has 7 heteroatoms. The molecule has 1 atom stereocenters. The van der Waals surface area contributed by atoms with Crippen molar-refractivity contribution in [3.8, 4) is 5.75 Å². The zero-order valence-electron chi connectivity index (χ0n) is 10.8. The molecule has 0 bridgehead atoms. The molecule has 0 aliphatic carbocycles. The van der Waals surface area contributed by atoms with Gasteiger partial charge in [-0.3, -0.25) is 9.59 Å². The van der Waals surface area contributed by atoms with E-state index in [2.05, 4.69) is 5.32 Å². The normalized spacial score (nSPS) is 11.4. The number of amides is 1. The summed E-state index contributed by atoms with van der Waals surface area (Å²) in [5, 5.41) is 19.8. The van der Waals surface area contributed by atoms with E-state index in [9.17, 15) is 14.4 Å². The fourth-order valence-corrected chi connectivity index (χ4v) is 1.53. The molecule has 0 fully saturated rings. The van der Waals surface area contributed by atoms with Gasteiger partial charge in [0.15, 0.2) is 0 Å². The van der Waals surface area contributed by atoms with Crippen LogP contribution in [0, 0.1) is 0 Å². The van der Waals surface area contributed by atoms with Crippen molar-refractivity contribution in [3.05, 3.63) is 29.8 Å². The lowest BCUT2D eigenvalue weighted by Crippen LogP contribution is -2.41. The van der Waals surface area contributed by atoms with Gasteiger partial charge in [0, 0.05) is 12.0 Å². The molecule has 1 aromatic rings. The Morgan fingerprint density at radius 3 is 2.55 bits per heavy atom. The number of carboxylic acid groups (broad SMARTS) is 2. The summed E-state index contributed by atoms with van der Waals surface area (Å²) in [7, 11) is 1.45. The third kappa shape index (κ3) is 4.60. The molecule has 0 saturated carbocycles. The molecule has 0 saturated heterocycles. The summed E-state index contributed by atoms with van der Waals surface area (Å²) in [5.74, 6) is -2.52. The van der Waals surface area contributed by atoms with Crippen molar-refractivity contribution in [1.82, 2.24) is 5.32 Å². The van der Waals surface area contributed by atoms with Crippen LogP contribution in [0.3, 0.4) is 0 Å². The van der Waals surface area contributed by atoms with Crippen LogP contribution in [0.2, 0.25) is 0 Å². The molecule has 0 unspecified atom stereocenters. The minimum absolute atomic E-state index is 0.180. The summed E-state index contributed by atoms with van der Waals surface area (Å²) < 4.78 is 4.96. The van der Waals surface area contributed by atoms with Crippen LogP contribution < -0.4 is 10.1 Å². The summed E-state index contributed by atoms with van der Waals surface area (Å²) in [5.41, 5.74) is 0.242. The number of rotatable bonds is 7. The predicted molar refractivity (Wildman–Crippen MR) is 68.8 cm³/mol. The lowest BCUT2D eigenvalue weighted by atomic mass is 10.1. The number of hydrogen-bond donors (Lipinski definition) is 3. The molecule has 0 radical (unpaired) electrons. The molecule has 1 aromatic carbocycles. The zero-order chi connectivity index (χ0) is 15.1. The molecular formula is C13H15NO6. The Morgan fingerprint density at radius 1 is 1.30 bits per heavy atom. The highest BCUT2D eigenvalue weighted by atomic mass is 16.5. The van der Waals surface area contributed by atoms with E-state index in [1.165, 1.54) is 19.2 Å². The number of carbonyl (C=O) groups is 3. The van der Waals surface area contributed by atoms with Crippen molar-refractivity contribution in [2.75, 3.05) is 7.11 Å². The number of methoxy groups -OCH3 is 1. The van der Waals surface area contributed by atoms with Gasteiger partial charge in [0.05, 0.1) is 7.11 Å². The van der Waals surface area contributed by atoms with Crippen molar-refractivity contribution >= 4 is 17.8 Å². The van der Waals surface area contributed by atoms with Gasteiger partial charge >= 0.3 is 11.9 Å². The van der Waals surface area contributed by atoms with Crippen LogP contribution >= 0.6 is 0 Å². The number of carboxylic acids is 2. The summed E-state index contributed by atoms with van der Waals surface area (Å²) in [6.45, 7) is 0. The number of ether oxygens (including phenoxy) is 1.